The molecular weight excluding hydrogens is 952 g/mol. The first kappa shape index (κ1) is 59.8. The van der Waals surface area contributed by atoms with E-state index in [1.54, 1.807) is 0 Å². The molecule has 5 amide bonds. The van der Waals surface area contributed by atoms with Crippen LogP contribution in [0.15, 0.2) is 11.6 Å². The summed E-state index contributed by atoms with van der Waals surface area (Å²) in [6.45, 7) is 16.0. The Morgan fingerprint density at radius 1 is 0.972 bits per heavy atom. The number of aliphatic hydroxyl groups is 3. The molecule has 72 heavy (non-hydrogen) atoms. The summed E-state index contributed by atoms with van der Waals surface area (Å²) in [5, 5.41) is 38.9. The molecule has 1 saturated heterocycles. The van der Waals surface area contributed by atoms with Gasteiger partial charge in [-0.05, 0) is 125 Å². The van der Waals surface area contributed by atoms with Crippen LogP contribution in [0.25, 0.3) is 0 Å². The summed E-state index contributed by atoms with van der Waals surface area (Å²) in [5.74, 6) is 0.667. The SMILES string of the molecule is CC(=O)N[C@@H]1[C@@H](OC(C)CN(C(=O)CC[C@@H](NC(=O)[C@H](C)N)C(N)=O)[C@@H](C)C(=O)NCCOP(=O)(O)OC2CC[C@@]3(C)C(=CCC4C3CC[C@@]3(C)C4CC[C@@H]3[C@H](C)CCCC(C)C)C2)[C@H](O)[C@@H](CO)O[C@@H]1O. The van der Waals surface area contributed by atoms with E-state index < -0.39 is 112 Å². The molecule has 5 aliphatic rings. The average Bonchev–Trinajstić information content (AvgIpc) is 3.67. The highest BCUT2D eigenvalue weighted by Gasteiger charge is 2.59. The lowest BCUT2D eigenvalue weighted by atomic mass is 9.47. The van der Waals surface area contributed by atoms with Crippen molar-refractivity contribution in [1.82, 2.24) is 20.9 Å². The van der Waals surface area contributed by atoms with Gasteiger partial charge in [0.05, 0.1) is 31.5 Å². The van der Waals surface area contributed by atoms with Gasteiger partial charge in [-0.25, -0.2) is 4.57 Å². The molecule has 0 aromatic rings. The first-order valence-corrected chi connectivity index (χ1v) is 28.0. The van der Waals surface area contributed by atoms with Crippen LogP contribution in [-0.2, 0) is 47.1 Å². The van der Waals surface area contributed by atoms with E-state index in [9.17, 15) is 48.8 Å². The maximum absolute atomic E-state index is 13.9. The van der Waals surface area contributed by atoms with Gasteiger partial charge in [0.25, 0.3) is 0 Å². The second kappa shape index (κ2) is 25.7. The normalized spacial score (nSPS) is 34.1. The number of phosphoric acid groups is 1. The zero-order chi connectivity index (χ0) is 53.5. The van der Waals surface area contributed by atoms with Crippen LogP contribution < -0.4 is 27.4 Å². The highest BCUT2D eigenvalue weighted by molar-refractivity contribution is 7.47. The maximum Gasteiger partial charge on any atom is 0.472 e. The quantitative estimate of drug-likeness (QED) is 0.0360. The van der Waals surface area contributed by atoms with E-state index in [1.165, 1.54) is 78.2 Å². The Bertz CT molecular complexity index is 1960. The van der Waals surface area contributed by atoms with Crippen molar-refractivity contribution in [3.63, 3.8) is 0 Å². The number of allylic oxidation sites excluding steroid dienone is 1. The molecule has 4 aliphatic carbocycles. The molecule has 1 heterocycles. The first-order chi connectivity index (χ1) is 33.7. The number of carbonyl (C=O) groups is 5. The maximum atomic E-state index is 13.9. The van der Waals surface area contributed by atoms with Crippen LogP contribution in [0.5, 0.6) is 0 Å². The number of aliphatic hydroxyl groups excluding tert-OH is 3. The van der Waals surface area contributed by atoms with E-state index in [1.807, 2.05) is 0 Å². The predicted molar refractivity (Wildman–Crippen MR) is 268 cm³/mol. The number of hydrogen-bond donors (Lipinski definition) is 9. The van der Waals surface area contributed by atoms with Crippen LogP contribution in [0.4, 0.5) is 0 Å². The Morgan fingerprint density at radius 2 is 1.68 bits per heavy atom. The van der Waals surface area contributed by atoms with Crippen molar-refractivity contribution >= 4 is 37.4 Å². The molecule has 5 rings (SSSR count). The van der Waals surface area contributed by atoms with Crippen LogP contribution in [0.1, 0.15) is 146 Å². The van der Waals surface area contributed by atoms with E-state index in [0.717, 1.165) is 41.4 Å². The van der Waals surface area contributed by atoms with Crippen LogP contribution in [0.3, 0.4) is 0 Å². The van der Waals surface area contributed by atoms with E-state index in [-0.39, 0.29) is 31.3 Å². The van der Waals surface area contributed by atoms with Crippen LogP contribution in [0.2, 0.25) is 0 Å². The zero-order valence-corrected chi connectivity index (χ0v) is 45.2. The number of fused-ring (bicyclic) bond motifs is 5. The molecule has 6 unspecified atom stereocenters. The minimum atomic E-state index is -4.57. The monoisotopic (exact) mass is 1040 g/mol. The molecule has 11 N–H and O–H groups in total. The minimum absolute atomic E-state index is 0.0148. The summed E-state index contributed by atoms with van der Waals surface area (Å²) >= 11 is 0. The Labute approximate surface area is 426 Å². The fourth-order valence-corrected chi connectivity index (χ4v) is 14.2. The molecule has 0 bridgehead atoms. The molecule has 3 saturated carbocycles. The van der Waals surface area contributed by atoms with Crippen molar-refractivity contribution < 1.29 is 67.3 Å². The second-order valence-electron chi connectivity index (χ2n) is 22.7. The smallest absolute Gasteiger partial charge is 0.394 e. The van der Waals surface area contributed by atoms with Gasteiger partial charge < -0.3 is 62.0 Å². The summed E-state index contributed by atoms with van der Waals surface area (Å²) in [7, 11) is -4.57. The third kappa shape index (κ3) is 14.7. The van der Waals surface area contributed by atoms with Crippen molar-refractivity contribution in [2.75, 3.05) is 26.3 Å². The van der Waals surface area contributed by atoms with Crippen molar-refractivity contribution in [2.24, 2.45) is 57.8 Å². The molecule has 21 heteroatoms. The number of primary amides is 1. The van der Waals surface area contributed by atoms with E-state index >= 15 is 0 Å². The van der Waals surface area contributed by atoms with Crippen LogP contribution in [0, 0.1) is 46.3 Å². The number of nitrogens with zero attached hydrogens (tertiary/aromatic N) is 1. The van der Waals surface area contributed by atoms with Gasteiger partial charge in [-0.3, -0.25) is 33.0 Å². The largest absolute Gasteiger partial charge is 0.472 e. The van der Waals surface area contributed by atoms with Crippen molar-refractivity contribution in [2.45, 2.75) is 207 Å². The predicted octanol–water partition coefficient (Wildman–Crippen LogP) is 3.31. The number of rotatable bonds is 25. The number of hydrogen-bond acceptors (Lipinski definition) is 14. The lowest BCUT2D eigenvalue weighted by Crippen LogP contribution is -2.65. The van der Waals surface area contributed by atoms with Gasteiger partial charge in [0.2, 0.25) is 29.5 Å². The van der Waals surface area contributed by atoms with Crippen LogP contribution in [-0.4, -0.2) is 142 Å². The van der Waals surface area contributed by atoms with Gasteiger partial charge in [0.1, 0.15) is 36.4 Å². The summed E-state index contributed by atoms with van der Waals surface area (Å²) in [5.41, 5.74) is 12.9. The summed E-state index contributed by atoms with van der Waals surface area (Å²) in [6, 6.07) is -4.76. The Kier molecular flexibility index (Phi) is 21.3. The number of amides is 5. The molecule has 18 atom stereocenters. The number of phosphoric ester groups is 1. The second-order valence-corrected chi connectivity index (χ2v) is 24.1. The molecule has 4 fully saturated rings. The summed E-state index contributed by atoms with van der Waals surface area (Å²) in [4.78, 5) is 76.2. The summed E-state index contributed by atoms with van der Waals surface area (Å²) in [6.07, 6.45) is 6.47. The zero-order valence-electron chi connectivity index (χ0n) is 44.3. The van der Waals surface area contributed by atoms with Crippen LogP contribution >= 0.6 is 7.82 Å². The summed E-state index contributed by atoms with van der Waals surface area (Å²) < 4.78 is 35.9. The Morgan fingerprint density at radius 3 is 2.32 bits per heavy atom. The van der Waals surface area contributed by atoms with Gasteiger partial charge in [-0.15, -0.1) is 0 Å². The third-order valence-electron chi connectivity index (χ3n) is 17.2. The van der Waals surface area contributed by atoms with Crippen molar-refractivity contribution in [3.05, 3.63) is 11.6 Å². The molecule has 0 aromatic carbocycles. The molecule has 0 radical (unpaired) electrons. The van der Waals surface area contributed by atoms with Gasteiger partial charge in [0.15, 0.2) is 6.29 Å². The molecule has 0 spiro atoms. The van der Waals surface area contributed by atoms with E-state index in [2.05, 4.69) is 56.6 Å². The van der Waals surface area contributed by atoms with Crippen molar-refractivity contribution in [1.29, 1.82) is 0 Å². The van der Waals surface area contributed by atoms with Crippen molar-refractivity contribution in [3.8, 4) is 0 Å². The lowest BCUT2D eigenvalue weighted by molar-refractivity contribution is -0.268. The van der Waals surface area contributed by atoms with E-state index in [0.29, 0.717) is 30.1 Å². The topological polar surface area (TPSA) is 312 Å². The number of carbonyl (C=O) groups excluding carboxylic acids is 5. The van der Waals surface area contributed by atoms with E-state index in [4.69, 9.17) is 30.0 Å². The molecule has 412 valence electrons. The molecule has 0 aromatic heterocycles. The first-order valence-electron chi connectivity index (χ1n) is 26.6. The lowest BCUT2D eigenvalue weighted by Gasteiger charge is -2.58. The van der Waals surface area contributed by atoms with Gasteiger partial charge >= 0.3 is 7.82 Å². The molecular formula is C51H89N6O14P. The molecule has 20 nitrogen and oxygen atoms in total. The fraction of sp³-hybridized carbons (Fsp3) is 0.863. The van der Waals surface area contributed by atoms with Gasteiger partial charge in [-0.1, -0.05) is 65.5 Å². The number of ether oxygens (including phenoxy) is 2. The number of nitrogens with two attached hydrogens (primary N) is 2. The van der Waals surface area contributed by atoms with Gasteiger partial charge in [-0.2, -0.15) is 0 Å². The molecule has 1 aliphatic heterocycles. The van der Waals surface area contributed by atoms with Gasteiger partial charge in [0, 0.05) is 26.4 Å². The number of nitrogens with one attached hydrogen (secondary N) is 3. The fourth-order valence-electron chi connectivity index (χ4n) is 13.3. The Hall–Kier alpha value is -3.04. The Balaban J connectivity index is 1.17. The minimum Gasteiger partial charge on any atom is -0.394 e. The third-order valence-corrected chi connectivity index (χ3v) is 18.2. The highest BCUT2D eigenvalue weighted by atomic mass is 31.2. The standard InChI is InChI=1S/C51H89N6O14P/c1-28(2)11-10-12-29(3)37-15-16-38-36-14-13-34-25-35(19-21-50(34,8)39(36)20-22-51(37,38)9)71-72(66,67)68-24-23-54-48(64)32(6)57(42(60)18-17-40(46(53)62)56-47(63)31(5)52)26-30(4)69-45-43(55-33(7)59)49(65)70-41(27-58)44(45)61/h13,28-32,35-41,43-45,49,58,61,65H,10-12,14-27,52H2,1-9H3,(H2,53,62)(H,54,64)(H,55,59)(H,56,63)(H,66,67)/t29-,30?,31+,32+,35?,36?,37-,38?,39?,40-,41-,43-,44-,45-,49+,50+,51-/m1/s1. The highest BCUT2D eigenvalue weighted by Crippen LogP contribution is 2.67. The average molecular weight is 1040 g/mol.